The first-order valence-electron chi connectivity index (χ1n) is 5.58. The monoisotopic (exact) mass is 272 g/mol. The smallest absolute Gasteiger partial charge is 0.254 e. The van der Waals surface area contributed by atoms with Crippen LogP contribution in [0, 0.1) is 0 Å². The molecular formula is C12H17ClN2O3. The molecule has 0 bridgehead atoms. The largest absolute Gasteiger partial charge is 0.399 e. The number of ether oxygens (including phenoxy) is 1. The van der Waals surface area contributed by atoms with Crippen molar-refractivity contribution in [2.45, 2.75) is 6.10 Å². The molecule has 1 amide bonds. The van der Waals surface area contributed by atoms with Crippen LogP contribution in [0.5, 0.6) is 0 Å². The number of aliphatic hydroxyl groups is 1. The first-order chi connectivity index (χ1) is 8.20. The number of nitrogen functional groups attached to an aromatic ring is 1. The first kappa shape index (κ1) is 14.8. The van der Waals surface area contributed by atoms with Gasteiger partial charge in [-0.3, -0.25) is 4.79 Å². The van der Waals surface area contributed by atoms with Gasteiger partial charge in [-0.25, -0.2) is 0 Å². The van der Waals surface area contributed by atoms with E-state index in [1.54, 1.807) is 29.2 Å². The molecule has 0 radical (unpaired) electrons. The molecule has 100 valence electrons. The average molecular weight is 273 g/mol. The summed E-state index contributed by atoms with van der Waals surface area (Å²) in [6.45, 7) is 1.39. The molecule has 0 spiro atoms. The van der Waals surface area contributed by atoms with Crippen LogP contribution < -0.4 is 5.73 Å². The molecule has 1 fully saturated rings. The normalized spacial score (nSPS) is 19.2. The first-order valence-corrected chi connectivity index (χ1v) is 5.58. The molecule has 0 aromatic heterocycles. The molecule has 2 rings (SSSR count). The predicted molar refractivity (Wildman–Crippen MR) is 70.8 cm³/mol. The molecular weight excluding hydrogens is 256 g/mol. The van der Waals surface area contributed by atoms with Crippen molar-refractivity contribution in [3.63, 3.8) is 0 Å². The Hall–Kier alpha value is -1.30. The van der Waals surface area contributed by atoms with Crippen LogP contribution in [0.2, 0.25) is 0 Å². The number of hydrogen-bond acceptors (Lipinski definition) is 4. The molecule has 1 aliphatic heterocycles. The minimum atomic E-state index is -0.276. The van der Waals surface area contributed by atoms with Crippen LogP contribution in [0.15, 0.2) is 24.3 Å². The van der Waals surface area contributed by atoms with E-state index in [2.05, 4.69) is 0 Å². The van der Waals surface area contributed by atoms with Crippen molar-refractivity contribution in [1.29, 1.82) is 0 Å². The molecule has 1 aromatic rings. The summed E-state index contributed by atoms with van der Waals surface area (Å²) in [5.74, 6) is -0.0493. The standard InChI is InChI=1S/C12H16N2O3.ClH/c13-10-3-1-9(2-4-10)12(16)14-5-6-17-11(7-14)8-15;/h1-4,11,15H,5-8,13H2;1H. The molecule has 18 heavy (non-hydrogen) atoms. The summed E-state index contributed by atoms with van der Waals surface area (Å²) >= 11 is 0. The van der Waals surface area contributed by atoms with Crippen LogP contribution in [-0.2, 0) is 4.74 Å². The number of carbonyl (C=O) groups excluding carboxylic acids is 1. The van der Waals surface area contributed by atoms with Gasteiger partial charge in [-0.2, -0.15) is 0 Å². The van der Waals surface area contributed by atoms with E-state index in [1.807, 2.05) is 0 Å². The zero-order chi connectivity index (χ0) is 12.3. The average Bonchev–Trinajstić information content (AvgIpc) is 2.39. The third kappa shape index (κ3) is 3.35. The van der Waals surface area contributed by atoms with Gasteiger partial charge in [0.05, 0.1) is 19.3 Å². The summed E-state index contributed by atoms with van der Waals surface area (Å²) in [5.41, 5.74) is 6.82. The Labute approximate surface area is 112 Å². The van der Waals surface area contributed by atoms with Crippen LogP contribution in [0.4, 0.5) is 5.69 Å². The van der Waals surface area contributed by atoms with Crippen molar-refractivity contribution >= 4 is 24.0 Å². The maximum absolute atomic E-state index is 12.1. The lowest BCUT2D eigenvalue weighted by Crippen LogP contribution is -2.46. The second-order valence-corrected chi connectivity index (χ2v) is 4.05. The van der Waals surface area contributed by atoms with Gasteiger partial charge in [-0.05, 0) is 24.3 Å². The zero-order valence-corrected chi connectivity index (χ0v) is 10.7. The minimum absolute atomic E-state index is 0. The third-order valence-corrected chi connectivity index (χ3v) is 2.79. The van der Waals surface area contributed by atoms with E-state index in [1.165, 1.54) is 0 Å². The number of rotatable bonds is 2. The topological polar surface area (TPSA) is 75.8 Å². The molecule has 1 atom stereocenters. The number of carbonyl (C=O) groups is 1. The lowest BCUT2D eigenvalue weighted by Gasteiger charge is -2.32. The summed E-state index contributed by atoms with van der Waals surface area (Å²) in [4.78, 5) is 13.8. The summed E-state index contributed by atoms with van der Waals surface area (Å²) < 4.78 is 5.30. The fraction of sp³-hybridized carbons (Fsp3) is 0.417. The molecule has 5 nitrogen and oxygen atoms in total. The number of aliphatic hydroxyl groups excluding tert-OH is 1. The van der Waals surface area contributed by atoms with Crippen LogP contribution in [0.3, 0.4) is 0 Å². The summed E-state index contributed by atoms with van der Waals surface area (Å²) in [6, 6.07) is 6.83. The van der Waals surface area contributed by atoms with Gasteiger partial charge in [0.15, 0.2) is 0 Å². The van der Waals surface area contributed by atoms with Crippen molar-refractivity contribution in [2.24, 2.45) is 0 Å². The number of benzene rings is 1. The zero-order valence-electron chi connectivity index (χ0n) is 9.91. The molecule has 6 heteroatoms. The Bertz CT molecular complexity index is 397. The Morgan fingerprint density at radius 3 is 2.72 bits per heavy atom. The summed E-state index contributed by atoms with van der Waals surface area (Å²) in [5, 5.41) is 9.02. The fourth-order valence-corrected chi connectivity index (χ4v) is 1.82. The van der Waals surface area contributed by atoms with E-state index in [0.29, 0.717) is 30.9 Å². The number of halogens is 1. The van der Waals surface area contributed by atoms with E-state index in [0.717, 1.165) is 0 Å². The van der Waals surface area contributed by atoms with E-state index >= 15 is 0 Å². The van der Waals surface area contributed by atoms with Gasteiger partial charge in [0, 0.05) is 24.3 Å². The van der Waals surface area contributed by atoms with Gasteiger partial charge < -0.3 is 20.5 Å². The number of anilines is 1. The Balaban J connectivity index is 0.00000162. The molecule has 1 unspecified atom stereocenters. The number of amides is 1. The molecule has 1 aliphatic rings. The Morgan fingerprint density at radius 2 is 2.11 bits per heavy atom. The van der Waals surface area contributed by atoms with Gasteiger partial charge in [-0.1, -0.05) is 0 Å². The minimum Gasteiger partial charge on any atom is -0.399 e. The van der Waals surface area contributed by atoms with Gasteiger partial charge in [0.2, 0.25) is 0 Å². The number of nitrogens with zero attached hydrogens (tertiary/aromatic N) is 1. The Kier molecular flexibility index (Phi) is 5.40. The van der Waals surface area contributed by atoms with Crippen molar-refractivity contribution in [3.8, 4) is 0 Å². The predicted octanol–water partition coefficient (Wildman–Crippen LogP) is 0.524. The third-order valence-electron chi connectivity index (χ3n) is 2.79. The highest BCUT2D eigenvalue weighted by molar-refractivity contribution is 5.94. The summed E-state index contributed by atoms with van der Waals surface area (Å²) in [6.07, 6.45) is -0.276. The van der Waals surface area contributed by atoms with Gasteiger partial charge >= 0.3 is 0 Å². The van der Waals surface area contributed by atoms with Crippen LogP contribution in [0.1, 0.15) is 10.4 Å². The summed E-state index contributed by atoms with van der Waals surface area (Å²) in [7, 11) is 0. The van der Waals surface area contributed by atoms with Gasteiger partial charge in [0.25, 0.3) is 5.91 Å². The van der Waals surface area contributed by atoms with Gasteiger partial charge in [-0.15, -0.1) is 12.4 Å². The van der Waals surface area contributed by atoms with E-state index in [-0.39, 0.29) is 31.0 Å². The number of hydrogen-bond donors (Lipinski definition) is 2. The quantitative estimate of drug-likeness (QED) is 0.770. The second kappa shape index (κ2) is 6.58. The van der Waals surface area contributed by atoms with Crippen molar-refractivity contribution in [1.82, 2.24) is 4.90 Å². The van der Waals surface area contributed by atoms with Crippen molar-refractivity contribution in [3.05, 3.63) is 29.8 Å². The van der Waals surface area contributed by atoms with Gasteiger partial charge in [0.1, 0.15) is 0 Å². The SMILES string of the molecule is Cl.Nc1ccc(C(=O)N2CCOC(CO)C2)cc1. The van der Waals surface area contributed by atoms with Crippen LogP contribution >= 0.6 is 12.4 Å². The Morgan fingerprint density at radius 1 is 1.44 bits per heavy atom. The molecule has 0 saturated carbocycles. The molecule has 0 aliphatic carbocycles. The number of morpholine rings is 1. The second-order valence-electron chi connectivity index (χ2n) is 4.05. The van der Waals surface area contributed by atoms with E-state index in [4.69, 9.17) is 15.6 Å². The van der Waals surface area contributed by atoms with E-state index in [9.17, 15) is 4.79 Å². The molecule has 1 heterocycles. The van der Waals surface area contributed by atoms with Crippen LogP contribution in [-0.4, -0.2) is 48.3 Å². The van der Waals surface area contributed by atoms with Crippen LogP contribution in [0.25, 0.3) is 0 Å². The maximum Gasteiger partial charge on any atom is 0.254 e. The number of nitrogens with two attached hydrogens (primary N) is 1. The van der Waals surface area contributed by atoms with Crippen molar-refractivity contribution in [2.75, 3.05) is 32.0 Å². The van der Waals surface area contributed by atoms with E-state index < -0.39 is 0 Å². The van der Waals surface area contributed by atoms with Crippen molar-refractivity contribution < 1.29 is 14.6 Å². The lowest BCUT2D eigenvalue weighted by molar-refractivity contribution is -0.0447. The highest BCUT2D eigenvalue weighted by Crippen LogP contribution is 2.12. The molecule has 1 aromatic carbocycles. The highest BCUT2D eigenvalue weighted by atomic mass is 35.5. The maximum atomic E-state index is 12.1. The lowest BCUT2D eigenvalue weighted by atomic mass is 10.1. The molecule has 1 saturated heterocycles. The fourth-order valence-electron chi connectivity index (χ4n) is 1.82. The highest BCUT2D eigenvalue weighted by Gasteiger charge is 2.24. The molecule has 3 N–H and O–H groups in total.